The van der Waals surface area contributed by atoms with Crippen molar-refractivity contribution >= 4 is 34.6 Å². The van der Waals surface area contributed by atoms with E-state index in [1.165, 1.54) is 10.4 Å². The SMILES string of the molecule is CC(C)(C)OC(=O)C1=CSC(c2ccccc2)c2sccc21. The van der Waals surface area contributed by atoms with Crippen LogP contribution < -0.4 is 0 Å². The van der Waals surface area contributed by atoms with E-state index in [4.69, 9.17) is 4.74 Å². The number of ether oxygens (including phenoxy) is 1. The summed E-state index contributed by atoms with van der Waals surface area (Å²) in [5.74, 6) is -0.244. The average Bonchev–Trinajstić information content (AvgIpc) is 2.94. The second-order valence-electron chi connectivity index (χ2n) is 6.16. The van der Waals surface area contributed by atoms with Crippen LogP contribution in [0.5, 0.6) is 0 Å². The van der Waals surface area contributed by atoms with Gasteiger partial charge in [-0.3, -0.25) is 0 Å². The van der Waals surface area contributed by atoms with E-state index in [9.17, 15) is 4.79 Å². The number of benzene rings is 1. The van der Waals surface area contributed by atoms with Crippen LogP contribution in [0.2, 0.25) is 0 Å². The summed E-state index contributed by atoms with van der Waals surface area (Å²) in [5, 5.41) is 4.24. The lowest BCUT2D eigenvalue weighted by atomic mass is 10.0. The minimum Gasteiger partial charge on any atom is -0.456 e. The Morgan fingerprint density at radius 1 is 1.14 bits per heavy atom. The van der Waals surface area contributed by atoms with Gasteiger partial charge in [-0.25, -0.2) is 4.79 Å². The number of esters is 1. The van der Waals surface area contributed by atoms with Crippen molar-refractivity contribution in [3.05, 3.63) is 63.2 Å². The number of hydrogen-bond acceptors (Lipinski definition) is 4. The van der Waals surface area contributed by atoms with E-state index in [-0.39, 0.29) is 11.2 Å². The van der Waals surface area contributed by atoms with Gasteiger partial charge in [-0.1, -0.05) is 30.3 Å². The Bertz CT molecular complexity index is 708. The van der Waals surface area contributed by atoms with Crippen LogP contribution >= 0.6 is 23.1 Å². The first kappa shape index (κ1) is 15.4. The maximum atomic E-state index is 12.4. The summed E-state index contributed by atoms with van der Waals surface area (Å²) >= 11 is 3.37. The number of carbonyl (C=O) groups excluding carboxylic acids is 1. The Morgan fingerprint density at radius 2 is 1.86 bits per heavy atom. The smallest absolute Gasteiger partial charge is 0.339 e. The molecule has 4 heteroatoms. The highest BCUT2D eigenvalue weighted by molar-refractivity contribution is 8.03. The molecular formula is C18H18O2S2. The number of fused-ring (bicyclic) bond motifs is 1. The summed E-state index contributed by atoms with van der Waals surface area (Å²) in [7, 11) is 0. The monoisotopic (exact) mass is 330 g/mol. The molecule has 2 nitrogen and oxygen atoms in total. The Hall–Kier alpha value is -1.52. The first-order valence-corrected chi connectivity index (χ1v) is 8.99. The molecule has 114 valence electrons. The zero-order chi connectivity index (χ0) is 15.7. The van der Waals surface area contributed by atoms with Crippen LogP contribution in [0.1, 0.15) is 42.0 Å². The molecule has 1 unspecified atom stereocenters. The molecule has 1 aliphatic rings. The largest absolute Gasteiger partial charge is 0.456 e. The summed E-state index contributed by atoms with van der Waals surface area (Å²) in [4.78, 5) is 13.6. The Labute approximate surface area is 139 Å². The summed E-state index contributed by atoms with van der Waals surface area (Å²) in [6, 6.07) is 12.4. The van der Waals surface area contributed by atoms with Crippen molar-refractivity contribution in [1.29, 1.82) is 0 Å². The maximum Gasteiger partial charge on any atom is 0.339 e. The van der Waals surface area contributed by atoms with Crippen LogP contribution in [0.25, 0.3) is 5.57 Å². The normalized spacial score (nSPS) is 17.6. The van der Waals surface area contributed by atoms with Crippen LogP contribution in [0.15, 0.2) is 47.2 Å². The summed E-state index contributed by atoms with van der Waals surface area (Å²) in [6.45, 7) is 5.67. The highest BCUT2D eigenvalue weighted by atomic mass is 32.2. The van der Waals surface area contributed by atoms with Crippen molar-refractivity contribution in [3.63, 3.8) is 0 Å². The van der Waals surface area contributed by atoms with E-state index in [1.807, 2.05) is 43.7 Å². The molecule has 0 saturated heterocycles. The third-order valence-electron chi connectivity index (χ3n) is 3.27. The molecule has 0 saturated carbocycles. The lowest BCUT2D eigenvalue weighted by Crippen LogP contribution is -2.25. The standard InChI is InChI=1S/C18H18O2S2/c1-18(2,3)20-17(19)14-11-22-15(12-7-5-4-6-8-12)16-13(14)9-10-21-16/h4-11,15H,1-3H3. The maximum absolute atomic E-state index is 12.4. The van der Waals surface area contributed by atoms with Crippen LogP contribution in [0.4, 0.5) is 0 Å². The van der Waals surface area contributed by atoms with Crippen LogP contribution in [-0.4, -0.2) is 11.6 Å². The number of thioether (sulfide) groups is 1. The van der Waals surface area contributed by atoms with E-state index >= 15 is 0 Å². The zero-order valence-electron chi connectivity index (χ0n) is 12.8. The highest BCUT2D eigenvalue weighted by Gasteiger charge is 2.30. The molecule has 0 radical (unpaired) electrons. The van der Waals surface area contributed by atoms with E-state index in [0.717, 1.165) is 5.56 Å². The Kier molecular flexibility index (Phi) is 4.15. The van der Waals surface area contributed by atoms with Gasteiger partial charge in [0.25, 0.3) is 0 Å². The minimum atomic E-state index is -0.477. The van der Waals surface area contributed by atoms with Crippen molar-refractivity contribution in [3.8, 4) is 0 Å². The number of thiophene rings is 1. The molecule has 0 aliphatic carbocycles. The molecule has 0 N–H and O–H groups in total. The predicted octanol–water partition coefficient (Wildman–Crippen LogP) is 5.27. The molecule has 22 heavy (non-hydrogen) atoms. The topological polar surface area (TPSA) is 26.3 Å². The quantitative estimate of drug-likeness (QED) is 0.702. The second-order valence-corrected chi connectivity index (χ2v) is 8.09. The van der Waals surface area contributed by atoms with Gasteiger partial charge in [0.2, 0.25) is 0 Å². The van der Waals surface area contributed by atoms with Crippen molar-refractivity contribution in [2.75, 3.05) is 0 Å². The molecule has 1 atom stereocenters. The first-order chi connectivity index (χ1) is 10.5. The molecule has 2 aromatic rings. The molecular weight excluding hydrogens is 312 g/mol. The molecule has 1 aliphatic heterocycles. The van der Waals surface area contributed by atoms with Crippen LogP contribution in [0.3, 0.4) is 0 Å². The van der Waals surface area contributed by atoms with Gasteiger partial charge in [-0.15, -0.1) is 23.1 Å². The third-order valence-corrected chi connectivity index (χ3v) is 5.55. The van der Waals surface area contributed by atoms with Gasteiger partial charge in [0, 0.05) is 10.4 Å². The minimum absolute atomic E-state index is 0.244. The molecule has 1 aromatic heterocycles. The number of hydrogen-bond donors (Lipinski definition) is 0. The molecule has 0 amide bonds. The van der Waals surface area contributed by atoms with Crippen LogP contribution in [-0.2, 0) is 9.53 Å². The number of rotatable bonds is 2. The molecule has 1 aromatic carbocycles. The fourth-order valence-electron chi connectivity index (χ4n) is 2.36. The van der Waals surface area contributed by atoms with Gasteiger partial charge >= 0.3 is 5.97 Å². The Balaban J connectivity index is 1.93. The summed E-state index contributed by atoms with van der Waals surface area (Å²) in [5.41, 5.74) is 2.46. The van der Waals surface area contributed by atoms with Gasteiger partial charge in [-0.2, -0.15) is 0 Å². The molecule has 3 rings (SSSR count). The lowest BCUT2D eigenvalue weighted by Gasteiger charge is -2.24. The fourth-order valence-corrected chi connectivity index (χ4v) is 4.67. The average molecular weight is 330 g/mol. The van der Waals surface area contributed by atoms with Crippen molar-refractivity contribution in [1.82, 2.24) is 0 Å². The molecule has 0 spiro atoms. The Morgan fingerprint density at radius 3 is 2.55 bits per heavy atom. The highest BCUT2D eigenvalue weighted by Crippen LogP contribution is 2.47. The van der Waals surface area contributed by atoms with Gasteiger partial charge in [0.05, 0.1) is 10.8 Å². The van der Waals surface area contributed by atoms with Crippen molar-refractivity contribution in [2.45, 2.75) is 31.6 Å². The third kappa shape index (κ3) is 3.13. The fraction of sp³-hybridized carbons (Fsp3) is 0.278. The summed E-state index contributed by atoms with van der Waals surface area (Å²) < 4.78 is 5.53. The van der Waals surface area contributed by atoms with Crippen molar-refractivity contribution < 1.29 is 9.53 Å². The van der Waals surface area contributed by atoms with E-state index in [0.29, 0.717) is 5.57 Å². The van der Waals surface area contributed by atoms with E-state index in [1.54, 1.807) is 23.1 Å². The van der Waals surface area contributed by atoms with Gasteiger partial charge in [-0.05, 0) is 43.2 Å². The van der Waals surface area contributed by atoms with Crippen LogP contribution in [0, 0.1) is 0 Å². The molecule has 2 heterocycles. The van der Waals surface area contributed by atoms with Gasteiger partial charge < -0.3 is 4.74 Å². The predicted molar refractivity (Wildman–Crippen MR) is 94.0 cm³/mol. The summed E-state index contributed by atoms with van der Waals surface area (Å²) in [6.07, 6.45) is 0. The lowest BCUT2D eigenvalue weighted by molar-refractivity contribution is -0.147. The molecule has 0 bridgehead atoms. The van der Waals surface area contributed by atoms with Gasteiger partial charge in [0.1, 0.15) is 5.60 Å². The van der Waals surface area contributed by atoms with E-state index in [2.05, 4.69) is 24.3 Å². The molecule has 0 fully saturated rings. The second kappa shape index (κ2) is 5.94. The van der Waals surface area contributed by atoms with Crippen molar-refractivity contribution in [2.24, 2.45) is 0 Å². The van der Waals surface area contributed by atoms with E-state index < -0.39 is 5.60 Å². The van der Waals surface area contributed by atoms with Gasteiger partial charge in [0.15, 0.2) is 0 Å². The number of carbonyl (C=O) groups is 1. The zero-order valence-corrected chi connectivity index (χ0v) is 14.5. The first-order valence-electron chi connectivity index (χ1n) is 7.17.